The van der Waals surface area contributed by atoms with E-state index in [0.717, 1.165) is 10.5 Å². The number of amides is 1. The average molecular weight is 364 g/mol. The second-order valence-corrected chi connectivity index (χ2v) is 7.92. The first-order valence-electron chi connectivity index (χ1n) is 7.44. The Morgan fingerprint density at radius 2 is 1.71 bits per heavy atom. The number of carbonyl (C=O) groups is 1. The molecule has 0 atom stereocenters. The lowest BCUT2D eigenvalue weighted by Crippen LogP contribution is -2.34. The van der Waals surface area contributed by atoms with Crippen molar-refractivity contribution >= 4 is 27.7 Å². The molecule has 0 spiro atoms. The highest BCUT2D eigenvalue weighted by molar-refractivity contribution is 7.98. The fourth-order valence-corrected chi connectivity index (χ4v) is 3.31. The van der Waals surface area contributed by atoms with Crippen molar-refractivity contribution in [3.8, 4) is 0 Å². The number of nitrogens with one attached hydrogen (secondary N) is 2. The first kappa shape index (κ1) is 18.5. The lowest BCUT2D eigenvalue weighted by Gasteiger charge is -2.08. The SMILES string of the molecule is CSc1ccc(C(=O)NCCS(=O)(=O)NCc2ccccc2)cc1. The smallest absolute Gasteiger partial charge is 0.251 e. The minimum Gasteiger partial charge on any atom is -0.351 e. The van der Waals surface area contributed by atoms with E-state index in [2.05, 4.69) is 10.0 Å². The van der Waals surface area contributed by atoms with E-state index < -0.39 is 10.0 Å². The maximum atomic E-state index is 12.0. The molecule has 24 heavy (non-hydrogen) atoms. The minimum absolute atomic E-state index is 0.0627. The summed E-state index contributed by atoms with van der Waals surface area (Å²) in [5.41, 5.74) is 1.40. The molecule has 0 saturated carbocycles. The first-order valence-corrected chi connectivity index (χ1v) is 10.3. The van der Waals surface area contributed by atoms with E-state index in [-0.39, 0.29) is 24.7 Å². The van der Waals surface area contributed by atoms with Crippen LogP contribution in [-0.4, -0.2) is 32.9 Å². The van der Waals surface area contributed by atoms with E-state index in [9.17, 15) is 13.2 Å². The molecule has 2 rings (SSSR count). The van der Waals surface area contributed by atoms with Gasteiger partial charge in [0.2, 0.25) is 10.0 Å². The molecular weight excluding hydrogens is 344 g/mol. The van der Waals surface area contributed by atoms with Gasteiger partial charge < -0.3 is 5.32 Å². The van der Waals surface area contributed by atoms with Gasteiger partial charge in [0.1, 0.15) is 0 Å². The molecule has 0 heterocycles. The van der Waals surface area contributed by atoms with Crippen molar-refractivity contribution < 1.29 is 13.2 Å². The number of sulfonamides is 1. The number of benzene rings is 2. The van der Waals surface area contributed by atoms with Gasteiger partial charge in [0.25, 0.3) is 5.91 Å². The van der Waals surface area contributed by atoms with Crippen molar-refractivity contribution in [3.05, 3.63) is 65.7 Å². The molecule has 0 bridgehead atoms. The van der Waals surface area contributed by atoms with Gasteiger partial charge in [0.05, 0.1) is 5.75 Å². The fraction of sp³-hybridized carbons (Fsp3) is 0.235. The highest BCUT2D eigenvalue weighted by Crippen LogP contribution is 2.14. The van der Waals surface area contributed by atoms with Crippen LogP contribution in [0.4, 0.5) is 0 Å². The maximum Gasteiger partial charge on any atom is 0.251 e. The lowest BCUT2D eigenvalue weighted by molar-refractivity contribution is 0.0956. The van der Waals surface area contributed by atoms with Crippen LogP contribution in [0.1, 0.15) is 15.9 Å². The second kappa shape index (κ2) is 8.86. The summed E-state index contributed by atoms with van der Waals surface area (Å²) >= 11 is 1.59. The molecule has 0 radical (unpaired) electrons. The quantitative estimate of drug-likeness (QED) is 0.705. The summed E-state index contributed by atoms with van der Waals surface area (Å²) in [7, 11) is -3.44. The number of hydrogen-bond acceptors (Lipinski definition) is 4. The standard InChI is InChI=1S/C17H20N2O3S2/c1-23-16-9-7-15(8-10-16)17(20)18-11-12-24(21,22)19-13-14-5-3-2-4-6-14/h2-10,19H,11-13H2,1H3,(H,18,20). The van der Waals surface area contributed by atoms with Gasteiger partial charge in [0, 0.05) is 23.5 Å². The monoisotopic (exact) mass is 364 g/mol. The molecule has 0 aliphatic heterocycles. The topological polar surface area (TPSA) is 75.3 Å². The predicted octanol–water partition coefficient (Wildman–Crippen LogP) is 2.26. The normalized spacial score (nSPS) is 11.2. The van der Waals surface area contributed by atoms with Crippen LogP contribution in [0.2, 0.25) is 0 Å². The van der Waals surface area contributed by atoms with Gasteiger partial charge in [0.15, 0.2) is 0 Å². The Morgan fingerprint density at radius 3 is 2.33 bits per heavy atom. The van der Waals surface area contributed by atoms with Crippen LogP contribution in [0.25, 0.3) is 0 Å². The van der Waals surface area contributed by atoms with Crippen molar-refractivity contribution in [2.24, 2.45) is 0 Å². The zero-order chi connectivity index (χ0) is 17.4. The van der Waals surface area contributed by atoms with E-state index in [1.165, 1.54) is 0 Å². The third-order valence-electron chi connectivity index (χ3n) is 3.35. The molecule has 0 aliphatic carbocycles. The largest absolute Gasteiger partial charge is 0.351 e. The molecule has 1 amide bonds. The van der Waals surface area contributed by atoms with Crippen molar-refractivity contribution in [2.75, 3.05) is 18.6 Å². The molecule has 2 aromatic carbocycles. The molecule has 0 fully saturated rings. The number of carbonyl (C=O) groups excluding carboxylic acids is 1. The number of rotatable bonds is 8. The van der Waals surface area contributed by atoms with Gasteiger partial charge in [-0.15, -0.1) is 11.8 Å². The fourth-order valence-electron chi connectivity index (χ4n) is 2.00. The van der Waals surface area contributed by atoms with Gasteiger partial charge in [-0.1, -0.05) is 30.3 Å². The maximum absolute atomic E-state index is 12.0. The second-order valence-electron chi connectivity index (χ2n) is 5.11. The number of thioether (sulfide) groups is 1. The van der Waals surface area contributed by atoms with Crippen molar-refractivity contribution in [2.45, 2.75) is 11.4 Å². The van der Waals surface area contributed by atoms with Crippen LogP contribution in [0, 0.1) is 0 Å². The van der Waals surface area contributed by atoms with E-state index in [4.69, 9.17) is 0 Å². The van der Waals surface area contributed by atoms with E-state index in [1.54, 1.807) is 23.9 Å². The highest BCUT2D eigenvalue weighted by Gasteiger charge is 2.11. The van der Waals surface area contributed by atoms with Gasteiger partial charge in [-0.05, 0) is 36.1 Å². The molecule has 0 unspecified atom stereocenters. The molecule has 5 nitrogen and oxygen atoms in total. The van der Waals surface area contributed by atoms with Gasteiger partial charge in [-0.2, -0.15) is 0 Å². The van der Waals surface area contributed by atoms with E-state index in [1.807, 2.05) is 48.7 Å². The minimum atomic E-state index is -3.44. The molecule has 0 saturated heterocycles. The Balaban J connectivity index is 1.78. The molecule has 2 N–H and O–H groups in total. The van der Waals surface area contributed by atoms with Crippen LogP contribution in [0.15, 0.2) is 59.5 Å². The Morgan fingerprint density at radius 1 is 1.04 bits per heavy atom. The summed E-state index contributed by atoms with van der Waals surface area (Å²) in [6, 6.07) is 16.4. The Hall–Kier alpha value is -1.83. The van der Waals surface area contributed by atoms with E-state index >= 15 is 0 Å². The molecule has 0 aromatic heterocycles. The summed E-state index contributed by atoms with van der Waals surface area (Å²) in [5, 5.41) is 2.63. The highest BCUT2D eigenvalue weighted by atomic mass is 32.2. The summed E-state index contributed by atoms with van der Waals surface area (Å²) < 4.78 is 26.4. The number of hydrogen-bond donors (Lipinski definition) is 2. The van der Waals surface area contributed by atoms with Gasteiger partial charge in [-0.25, -0.2) is 13.1 Å². The van der Waals surface area contributed by atoms with Crippen LogP contribution in [-0.2, 0) is 16.6 Å². The summed E-state index contributed by atoms with van der Waals surface area (Å²) in [4.78, 5) is 13.0. The molecule has 2 aromatic rings. The summed E-state index contributed by atoms with van der Waals surface area (Å²) in [6.07, 6.45) is 1.96. The van der Waals surface area contributed by atoms with Crippen molar-refractivity contribution in [1.29, 1.82) is 0 Å². The Kier molecular flexibility index (Phi) is 6.84. The zero-order valence-electron chi connectivity index (χ0n) is 13.4. The third-order valence-corrected chi connectivity index (χ3v) is 5.42. The van der Waals surface area contributed by atoms with Crippen molar-refractivity contribution in [3.63, 3.8) is 0 Å². The molecule has 128 valence electrons. The first-order chi connectivity index (χ1) is 11.5. The van der Waals surface area contributed by atoms with Crippen LogP contribution < -0.4 is 10.0 Å². The molecular formula is C17H20N2O3S2. The zero-order valence-corrected chi connectivity index (χ0v) is 15.0. The molecule has 7 heteroatoms. The Bertz CT molecular complexity index is 760. The summed E-state index contributed by atoms with van der Waals surface area (Å²) in [5.74, 6) is -0.435. The van der Waals surface area contributed by atoms with Gasteiger partial charge >= 0.3 is 0 Å². The van der Waals surface area contributed by atoms with Crippen LogP contribution >= 0.6 is 11.8 Å². The lowest BCUT2D eigenvalue weighted by atomic mass is 10.2. The average Bonchev–Trinajstić information content (AvgIpc) is 2.61. The van der Waals surface area contributed by atoms with Crippen LogP contribution in [0.5, 0.6) is 0 Å². The third kappa shape index (κ3) is 5.99. The summed E-state index contributed by atoms with van der Waals surface area (Å²) in [6.45, 7) is 0.306. The van der Waals surface area contributed by atoms with Crippen LogP contribution in [0.3, 0.4) is 0 Å². The van der Waals surface area contributed by atoms with Gasteiger partial charge in [-0.3, -0.25) is 4.79 Å². The Labute approximate surface area is 146 Å². The van der Waals surface area contributed by atoms with Crippen molar-refractivity contribution in [1.82, 2.24) is 10.0 Å². The van der Waals surface area contributed by atoms with E-state index in [0.29, 0.717) is 5.56 Å². The predicted molar refractivity (Wildman–Crippen MR) is 97.6 cm³/mol. The molecule has 0 aliphatic rings.